The molecule has 0 spiro atoms. The van der Waals surface area contributed by atoms with E-state index in [1.807, 2.05) is 24.3 Å². The van der Waals surface area contributed by atoms with Crippen LogP contribution in [0.5, 0.6) is 0 Å². The maximum Gasteiger partial charge on any atom is 0.338 e. The van der Waals surface area contributed by atoms with Crippen molar-refractivity contribution in [3.63, 3.8) is 0 Å². The van der Waals surface area contributed by atoms with Crippen molar-refractivity contribution in [2.75, 3.05) is 6.61 Å². The van der Waals surface area contributed by atoms with Crippen LogP contribution in [-0.2, 0) is 9.53 Å². The minimum Gasteiger partial charge on any atom is -0.456 e. The van der Waals surface area contributed by atoms with Gasteiger partial charge in [0.05, 0.1) is 17.3 Å². The van der Waals surface area contributed by atoms with Gasteiger partial charge in [0.25, 0.3) is 0 Å². The van der Waals surface area contributed by atoms with Gasteiger partial charge in [0, 0.05) is 0 Å². The maximum absolute atomic E-state index is 11.8. The van der Waals surface area contributed by atoms with Crippen molar-refractivity contribution in [2.24, 2.45) is 0 Å². The number of rotatable bonds is 2. The Balaban J connectivity index is 1.97. The number of urea groups is 1. The second-order valence-electron chi connectivity index (χ2n) is 5.32. The number of amides is 2. The number of esters is 1. The second-order valence-corrected chi connectivity index (χ2v) is 5.32. The minimum atomic E-state index is -0.435. The molecule has 0 saturated heterocycles. The fraction of sp³-hybridized carbons (Fsp3) is 0.333. The zero-order valence-electron chi connectivity index (χ0n) is 11.4. The molecule has 104 valence electrons. The van der Waals surface area contributed by atoms with Crippen LogP contribution in [0.15, 0.2) is 35.5 Å². The number of carbonyl (C=O) groups excluding carboxylic acids is 2. The predicted octanol–water partition coefficient (Wildman–Crippen LogP) is 1.97. The number of carbonyl (C=O) groups is 2. The second kappa shape index (κ2) is 4.67. The molecular formula is C15H16N2O3. The summed E-state index contributed by atoms with van der Waals surface area (Å²) < 4.78 is 4.99. The van der Waals surface area contributed by atoms with Gasteiger partial charge in [0.15, 0.2) is 0 Å². The lowest BCUT2D eigenvalue weighted by Gasteiger charge is -2.24. The molecule has 0 saturated carbocycles. The summed E-state index contributed by atoms with van der Waals surface area (Å²) in [6.07, 6.45) is 0. The number of nitrogens with one attached hydrogen (secondary N) is 2. The molecule has 5 heteroatoms. The molecule has 1 unspecified atom stereocenters. The van der Waals surface area contributed by atoms with Gasteiger partial charge in [0.2, 0.25) is 0 Å². The first-order valence-corrected chi connectivity index (χ1v) is 6.64. The average molecular weight is 272 g/mol. The summed E-state index contributed by atoms with van der Waals surface area (Å²) >= 11 is 0. The Bertz CT molecular complexity index is 602. The van der Waals surface area contributed by atoms with Crippen molar-refractivity contribution in [3.8, 4) is 0 Å². The summed E-state index contributed by atoms with van der Waals surface area (Å²) in [5.74, 6) is 0.0725. The van der Waals surface area contributed by atoms with Crippen molar-refractivity contribution in [1.82, 2.24) is 10.6 Å². The normalized spacial score (nSPS) is 21.4. The van der Waals surface area contributed by atoms with Gasteiger partial charge in [-0.1, -0.05) is 38.1 Å². The van der Waals surface area contributed by atoms with E-state index < -0.39 is 6.04 Å². The monoisotopic (exact) mass is 272 g/mol. The van der Waals surface area contributed by atoms with Gasteiger partial charge in [-0.3, -0.25) is 0 Å². The summed E-state index contributed by atoms with van der Waals surface area (Å²) in [5.41, 5.74) is 3.17. The zero-order valence-corrected chi connectivity index (χ0v) is 11.4. The molecule has 3 rings (SSSR count). The molecule has 0 fully saturated rings. The molecule has 20 heavy (non-hydrogen) atoms. The van der Waals surface area contributed by atoms with E-state index in [0.717, 1.165) is 5.56 Å². The third kappa shape index (κ3) is 2.05. The van der Waals surface area contributed by atoms with E-state index in [2.05, 4.69) is 24.5 Å². The first-order valence-electron chi connectivity index (χ1n) is 6.64. The first kappa shape index (κ1) is 12.7. The van der Waals surface area contributed by atoms with E-state index in [1.165, 1.54) is 5.56 Å². The molecule has 0 aromatic heterocycles. The van der Waals surface area contributed by atoms with Gasteiger partial charge in [-0.05, 0) is 17.0 Å². The maximum atomic E-state index is 11.8. The number of ether oxygens (including phenoxy) is 1. The molecule has 0 bridgehead atoms. The van der Waals surface area contributed by atoms with Crippen LogP contribution in [0.4, 0.5) is 4.79 Å². The van der Waals surface area contributed by atoms with Crippen LogP contribution in [0.3, 0.4) is 0 Å². The number of benzene rings is 1. The summed E-state index contributed by atoms with van der Waals surface area (Å²) in [5, 5.41) is 5.40. The van der Waals surface area contributed by atoms with Crippen LogP contribution in [0, 0.1) is 0 Å². The molecule has 1 atom stereocenters. The molecule has 5 nitrogen and oxygen atoms in total. The number of cyclic esters (lactones) is 1. The van der Waals surface area contributed by atoms with Crippen LogP contribution in [0.1, 0.15) is 36.9 Å². The van der Waals surface area contributed by atoms with Gasteiger partial charge >= 0.3 is 12.0 Å². The molecule has 1 aromatic rings. The smallest absolute Gasteiger partial charge is 0.338 e. The van der Waals surface area contributed by atoms with Gasteiger partial charge in [-0.25, -0.2) is 9.59 Å². The van der Waals surface area contributed by atoms with Gasteiger partial charge in [-0.15, -0.1) is 0 Å². The molecular weight excluding hydrogens is 256 g/mol. The highest BCUT2D eigenvalue weighted by Gasteiger charge is 2.37. The summed E-state index contributed by atoms with van der Waals surface area (Å²) in [7, 11) is 0. The quantitative estimate of drug-likeness (QED) is 0.809. The Kier molecular flexibility index (Phi) is 2.97. The molecule has 2 N–H and O–H groups in total. The van der Waals surface area contributed by atoms with Crippen LogP contribution < -0.4 is 10.6 Å². The Labute approximate surface area is 117 Å². The SMILES string of the molecule is CC(C)c1ccc(C2NC(=O)NC3=C2C(=O)OC3)cc1. The van der Waals surface area contributed by atoms with Crippen molar-refractivity contribution in [2.45, 2.75) is 25.8 Å². The van der Waals surface area contributed by atoms with Crippen LogP contribution >= 0.6 is 0 Å². The third-order valence-electron chi connectivity index (χ3n) is 3.66. The number of hydrogen-bond donors (Lipinski definition) is 2. The van der Waals surface area contributed by atoms with E-state index in [1.54, 1.807) is 0 Å². The van der Waals surface area contributed by atoms with Gasteiger partial charge < -0.3 is 15.4 Å². The van der Waals surface area contributed by atoms with E-state index in [9.17, 15) is 9.59 Å². The molecule has 2 heterocycles. The average Bonchev–Trinajstić information content (AvgIpc) is 2.79. The van der Waals surface area contributed by atoms with Crippen molar-refractivity contribution in [1.29, 1.82) is 0 Å². The van der Waals surface area contributed by atoms with Gasteiger partial charge in [0.1, 0.15) is 6.61 Å². The van der Waals surface area contributed by atoms with Crippen LogP contribution in [0.25, 0.3) is 0 Å². The summed E-state index contributed by atoms with van der Waals surface area (Å²) in [6.45, 7) is 4.38. The highest BCUT2D eigenvalue weighted by atomic mass is 16.5. The van der Waals surface area contributed by atoms with Crippen LogP contribution in [0.2, 0.25) is 0 Å². The van der Waals surface area contributed by atoms with Crippen LogP contribution in [-0.4, -0.2) is 18.6 Å². The molecule has 2 aliphatic heterocycles. The van der Waals surface area contributed by atoms with Crippen molar-refractivity contribution < 1.29 is 14.3 Å². The molecule has 0 aliphatic carbocycles. The molecule has 0 radical (unpaired) electrons. The fourth-order valence-corrected chi connectivity index (χ4v) is 2.51. The number of hydrogen-bond acceptors (Lipinski definition) is 3. The Morgan fingerprint density at radius 1 is 1.20 bits per heavy atom. The Morgan fingerprint density at radius 3 is 2.55 bits per heavy atom. The molecule has 2 amide bonds. The van der Waals surface area contributed by atoms with E-state index in [0.29, 0.717) is 17.2 Å². The molecule has 2 aliphatic rings. The summed E-state index contributed by atoms with van der Waals surface area (Å²) in [6, 6.07) is 7.20. The topological polar surface area (TPSA) is 67.4 Å². The molecule has 1 aromatic carbocycles. The lowest BCUT2D eigenvalue weighted by molar-refractivity contribution is -0.136. The van der Waals surface area contributed by atoms with Crippen molar-refractivity contribution >= 4 is 12.0 Å². The third-order valence-corrected chi connectivity index (χ3v) is 3.66. The lowest BCUT2D eigenvalue weighted by atomic mass is 9.94. The Hall–Kier alpha value is -2.30. The predicted molar refractivity (Wildman–Crippen MR) is 72.9 cm³/mol. The van der Waals surface area contributed by atoms with Crippen molar-refractivity contribution in [3.05, 3.63) is 46.7 Å². The Morgan fingerprint density at radius 2 is 1.90 bits per heavy atom. The summed E-state index contributed by atoms with van der Waals surface area (Å²) in [4.78, 5) is 23.5. The highest BCUT2D eigenvalue weighted by molar-refractivity contribution is 5.97. The van der Waals surface area contributed by atoms with E-state index in [4.69, 9.17) is 4.74 Å². The zero-order chi connectivity index (χ0) is 14.3. The van der Waals surface area contributed by atoms with Gasteiger partial charge in [-0.2, -0.15) is 0 Å². The standard InChI is InChI=1S/C15H16N2O3/c1-8(2)9-3-5-10(6-4-9)13-12-11(7-20-14(12)18)16-15(19)17-13/h3-6,8,13H,7H2,1-2H3,(H2,16,17,19). The lowest BCUT2D eigenvalue weighted by Crippen LogP contribution is -2.44. The largest absolute Gasteiger partial charge is 0.456 e. The first-order chi connectivity index (χ1) is 9.56. The highest BCUT2D eigenvalue weighted by Crippen LogP contribution is 2.31. The fourth-order valence-electron chi connectivity index (χ4n) is 2.51. The van der Waals surface area contributed by atoms with E-state index in [-0.39, 0.29) is 18.6 Å². The van der Waals surface area contributed by atoms with E-state index >= 15 is 0 Å². The minimum absolute atomic E-state index is 0.141.